The van der Waals surface area contributed by atoms with Crippen LogP contribution in [0, 0.1) is 5.82 Å². The molecule has 0 bridgehead atoms. The lowest BCUT2D eigenvalue weighted by molar-refractivity contribution is 0.601. The van der Waals surface area contributed by atoms with Crippen LogP contribution >= 0.6 is 0 Å². The molecule has 0 aliphatic heterocycles. The largest absolute Gasteiger partial charge is 0.202 e. The molecule has 0 nitrogen and oxygen atoms in total. The van der Waals surface area contributed by atoms with Gasteiger partial charge in [-0.25, -0.2) is 4.39 Å². The van der Waals surface area contributed by atoms with Crippen molar-refractivity contribution < 1.29 is 4.39 Å². The van der Waals surface area contributed by atoms with Gasteiger partial charge in [0.25, 0.3) is 0 Å². The van der Waals surface area contributed by atoms with Gasteiger partial charge in [0.1, 0.15) is 10.9 Å². The van der Waals surface area contributed by atoms with Crippen molar-refractivity contribution in [2.45, 2.75) is 14.7 Å². The van der Waals surface area contributed by atoms with Crippen molar-refractivity contribution in [1.29, 1.82) is 0 Å². The standard InChI is InChI=1S/C18H14FS/c19-17-13-7-8-14-18(17)20(15-9-3-1-4-10-15)16-11-5-2-6-12-16/h1-14H/q+1. The molecular weight excluding hydrogens is 267 g/mol. The lowest BCUT2D eigenvalue weighted by Crippen LogP contribution is -2.06. The summed E-state index contributed by atoms with van der Waals surface area (Å²) in [5.41, 5.74) is 0. The molecule has 0 N–H and O–H groups in total. The predicted octanol–water partition coefficient (Wildman–Crippen LogP) is 4.92. The first-order valence-electron chi connectivity index (χ1n) is 6.45. The highest BCUT2D eigenvalue weighted by Gasteiger charge is 2.30. The van der Waals surface area contributed by atoms with E-state index in [1.165, 1.54) is 6.07 Å². The second kappa shape index (κ2) is 5.93. The molecule has 0 aliphatic carbocycles. The SMILES string of the molecule is Fc1ccccc1[S+](c1ccccc1)c1ccccc1. The van der Waals surface area contributed by atoms with Crippen LogP contribution < -0.4 is 0 Å². The Balaban J connectivity index is 2.17. The monoisotopic (exact) mass is 281 g/mol. The summed E-state index contributed by atoms with van der Waals surface area (Å²) < 4.78 is 14.2. The average molecular weight is 281 g/mol. The Morgan fingerprint density at radius 2 is 1.00 bits per heavy atom. The lowest BCUT2D eigenvalue weighted by atomic mass is 10.3. The van der Waals surface area contributed by atoms with E-state index in [0.717, 1.165) is 14.7 Å². The summed E-state index contributed by atoms with van der Waals surface area (Å²) in [5.74, 6) is -0.150. The average Bonchev–Trinajstić information content (AvgIpc) is 2.52. The van der Waals surface area contributed by atoms with E-state index in [2.05, 4.69) is 24.3 Å². The first-order valence-corrected chi connectivity index (χ1v) is 7.67. The first kappa shape index (κ1) is 12.9. The van der Waals surface area contributed by atoms with Crippen LogP contribution in [0.4, 0.5) is 4.39 Å². The van der Waals surface area contributed by atoms with Gasteiger partial charge in [-0.3, -0.25) is 0 Å². The quantitative estimate of drug-likeness (QED) is 0.598. The van der Waals surface area contributed by atoms with Crippen molar-refractivity contribution >= 4 is 10.9 Å². The van der Waals surface area contributed by atoms with E-state index >= 15 is 0 Å². The Labute approximate surface area is 121 Å². The number of hydrogen-bond acceptors (Lipinski definition) is 0. The van der Waals surface area contributed by atoms with Crippen molar-refractivity contribution in [3.63, 3.8) is 0 Å². The van der Waals surface area contributed by atoms with Crippen molar-refractivity contribution in [1.82, 2.24) is 0 Å². The minimum absolute atomic E-state index is 0.150. The zero-order valence-corrected chi connectivity index (χ0v) is 11.7. The van der Waals surface area contributed by atoms with Gasteiger partial charge in [0.2, 0.25) is 4.90 Å². The molecule has 0 saturated carbocycles. The van der Waals surface area contributed by atoms with Gasteiger partial charge in [-0.05, 0) is 36.4 Å². The Morgan fingerprint density at radius 1 is 0.550 bits per heavy atom. The Morgan fingerprint density at radius 3 is 1.50 bits per heavy atom. The van der Waals surface area contributed by atoms with Crippen molar-refractivity contribution in [3.05, 3.63) is 90.7 Å². The van der Waals surface area contributed by atoms with Gasteiger partial charge < -0.3 is 0 Å². The van der Waals surface area contributed by atoms with E-state index in [-0.39, 0.29) is 5.82 Å². The van der Waals surface area contributed by atoms with E-state index in [0.29, 0.717) is 0 Å². The minimum Gasteiger partial charge on any atom is -0.201 e. The van der Waals surface area contributed by atoms with Crippen LogP contribution in [-0.2, 0) is 10.9 Å². The van der Waals surface area contributed by atoms with Crippen molar-refractivity contribution in [3.8, 4) is 0 Å². The summed E-state index contributed by atoms with van der Waals surface area (Å²) >= 11 is 0. The third-order valence-corrected chi connectivity index (χ3v) is 5.27. The fourth-order valence-corrected chi connectivity index (χ4v) is 4.23. The van der Waals surface area contributed by atoms with Gasteiger partial charge in [-0.1, -0.05) is 48.5 Å². The van der Waals surface area contributed by atoms with Crippen molar-refractivity contribution in [2.24, 2.45) is 0 Å². The summed E-state index contributed by atoms with van der Waals surface area (Å²) in [5, 5.41) is 0. The number of rotatable bonds is 3. The van der Waals surface area contributed by atoms with Gasteiger partial charge >= 0.3 is 0 Å². The van der Waals surface area contributed by atoms with E-state index in [1.807, 2.05) is 48.5 Å². The molecule has 0 radical (unpaired) electrons. The van der Waals surface area contributed by atoms with Crippen LogP contribution in [0.3, 0.4) is 0 Å². The second-order valence-electron chi connectivity index (χ2n) is 4.36. The molecule has 3 rings (SSSR count). The van der Waals surface area contributed by atoms with Crippen LogP contribution in [0.25, 0.3) is 0 Å². The fraction of sp³-hybridized carbons (Fsp3) is 0. The van der Waals surface area contributed by atoms with Crippen LogP contribution in [0.2, 0.25) is 0 Å². The molecule has 0 fully saturated rings. The van der Waals surface area contributed by atoms with Crippen molar-refractivity contribution in [2.75, 3.05) is 0 Å². The van der Waals surface area contributed by atoms with E-state index in [4.69, 9.17) is 0 Å². The highest BCUT2D eigenvalue weighted by atomic mass is 32.2. The molecule has 0 aliphatic rings. The maximum Gasteiger partial charge on any atom is 0.202 e. The molecule has 98 valence electrons. The third kappa shape index (κ3) is 2.61. The van der Waals surface area contributed by atoms with E-state index in [1.54, 1.807) is 6.07 Å². The molecule has 0 atom stereocenters. The first-order chi connectivity index (χ1) is 9.86. The van der Waals surface area contributed by atoms with Crippen LogP contribution in [0.5, 0.6) is 0 Å². The Bertz CT molecular complexity index is 641. The highest BCUT2D eigenvalue weighted by Crippen LogP contribution is 2.32. The zero-order chi connectivity index (χ0) is 13.8. The Kier molecular flexibility index (Phi) is 3.84. The molecule has 0 saturated heterocycles. The van der Waals surface area contributed by atoms with Crippen LogP contribution in [-0.4, -0.2) is 0 Å². The smallest absolute Gasteiger partial charge is 0.201 e. The van der Waals surface area contributed by atoms with Gasteiger partial charge in [0.05, 0.1) is 0 Å². The minimum atomic E-state index is -0.401. The fourth-order valence-electron chi connectivity index (χ4n) is 2.11. The molecule has 0 unspecified atom stereocenters. The molecular formula is C18H14FS+. The number of halogens is 1. The van der Waals surface area contributed by atoms with E-state index in [9.17, 15) is 4.39 Å². The van der Waals surface area contributed by atoms with Gasteiger partial charge in [0.15, 0.2) is 15.6 Å². The summed E-state index contributed by atoms with van der Waals surface area (Å²) in [6, 6.07) is 27.2. The molecule has 0 spiro atoms. The maximum atomic E-state index is 14.2. The summed E-state index contributed by atoms with van der Waals surface area (Å²) in [7, 11) is -0.401. The topological polar surface area (TPSA) is 0 Å². The van der Waals surface area contributed by atoms with Crippen LogP contribution in [0.15, 0.2) is 99.6 Å². The number of hydrogen-bond donors (Lipinski definition) is 0. The zero-order valence-electron chi connectivity index (χ0n) is 10.9. The maximum absolute atomic E-state index is 14.2. The van der Waals surface area contributed by atoms with Gasteiger partial charge in [-0.15, -0.1) is 0 Å². The molecule has 2 heteroatoms. The molecule has 0 aromatic heterocycles. The molecule has 20 heavy (non-hydrogen) atoms. The normalized spacial score (nSPS) is 10.7. The second-order valence-corrected chi connectivity index (χ2v) is 6.36. The van der Waals surface area contributed by atoms with Crippen LogP contribution in [0.1, 0.15) is 0 Å². The molecule has 3 aromatic rings. The number of benzene rings is 3. The lowest BCUT2D eigenvalue weighted by Gasteiger charge is -2.08. The van der Waals surface area contributed by atoms with E-state index < -0.39 is 10.9 Å². The summed E-state index contributed by atoms with van der Waals surface area (Å²) in [4.78, 5) is 3.00. The highest BCUT2D eigenvalue weighted by molar-refractivity contribution is 7.97. The molecule has 0 heterocycles. The third-order valence-electron chi connectivity index (χ3n) is 3.01. The Hall–Kier alpha value is -2.06. The summed E-state index contributed by atoms with van der Waals surface area (Å²) in [6.45, 7) is 0. The molecule has 3 aromatic carbocycles. The molecule has 0 amide bonds. The van der Waals surface area contributed by atoms with Gasteiger partial charge in [0, 0.05) is 0 Å². The van der Waals surface area contributed by atoms with Gasteiger partial charge in [-0.2, -0.15) is 0 Å². The summed E-state index contributed by atoms with van der Waals surface area (Å²) in [6.07, 6.45) is 0. The predicted molar refractivity (Wildman–Crippen MR) is 81.4 cm³/mol.